The van der Waals surface area contributed by atoms with Crippen molar-refractivity contribution < 1.29 is 9.90 Å². The van der Waals surface area contributed by atoms with Gasteiger partial charge in [0, 0.05) is 18.8 Å². The van der Waals surface area contributed by atoms with Gasteiger partial charge in [-0.25, -0.2) is 9.78 Å². The molecule has 1 aromatic heterocycles. The Morgan fingerprint density at radius 3 is 2.94 bits per heavy atom. The Labute approximate surface area is 105 Å². The second-order valence-corrected chi connectivity index (χ2v) is 4.41. The number of nitrogens with zero attached hydrogens (tertiary/aromatic N) is 2. The van der Waals surface area contributed by atoms with Gasteiger partial charge in [0.05, 0.1) is 10.6 Å². The van der Waals surface area contributed by atoms with Crippen molar-refractivity contribution >= 4 is 23.4 Å². The van der Waals surface area contributed by atoms with Gasteiger partial charge in [-0.15, -0.1) is 6.58 Å². The van der Waals surface area contributed by atoms with E-state index in [0.29, 0.717) is 18.4 Å². The van der Waals surface area contributed by atoms with Gasteiger partial charge < -0.3 is 10.0 Å². The van der Waals surface area contributed by atoms with Crippen LogP contribution in [0.3, 0.4) is 0 Å². The van der Waals surface area contributed by atoms with E-state index in [9.17, 15) is 4.79 Å². The van der Waals surface area contributed by atoms with Crippen LogP contribution in [0.2, 0.25) is 5.02 Å². The first-order chi connectivity index (χ1) is 8.13. The second kappa shape index (κ2) is 4.75. The van der Waals surface area contributed by atoms with Crippen LogP contribution in [0.1, 0.15) is 23.2 Å². The molecule has 1 N–H and O–H groups in total. The molecule has 1 aliphatic carbocycles. The molecule has 4 nitrogen and oxygen atoms in total. The fraction of sp³-hybridized carbons (Fsp3) is 0.333. The van der Waals surface area contributed by atoms with E-state index in [1.165, 1.54) is 12.3 Å². The van der Waals surface area contributed by atoms with Crippen molar-refractivity contribution in [1.82, 2.24) is 4.98 Å². The molecule has 0 amide bonds. The number of anilines is 1. The van der Waals surface area contributed by atoms with Gasteiger partial charge >= 0.3 is 5.97 Å². The smallest absolute Gasteiger partial charge is 0.337 e. The minimum absolute atomic E-state index is 0.0892. The molecule has 0 atom stereocenters. The molecule has 1 fully saturated rings. The number of carboxylic acid groups (broad SMARTS) is 1. The fourth-order valence-electron chi connectivity index (χ4n) is 1.70. The van der Waals surface area contributed by atoms with Crippen LogP contribution in [0.4, 0.5) is 5.82 Å². The van der Waals surface area contributed by atoms with Crippen molar-refractivity contribution in [3.8, 4) is 0 Å². The van der Waals surface area contributed by atoms with E-state index >= 15 is 0 Å². The average Bonchev–Trinajstić information content (AvgIpc) is 3.10. The van der Waals surface area contributed by atoms with Crippen LogP contribution in [-0.2, 0) is 0 Å². The minimum Gasteiger partial charge on any atom is -0.478 e. The standard InChI is InChI=1S/C12H13ClN2O2/c1-2-5-15(8-3-4-8)11-6-9(12(16)17)10(13)7-14-11/h2,6-8H,1,3-5H2,(H,16,17). The molecule has 2 rings (SSSR count). The molecule has 1 heterocycles. The summed E-state index contributed by atoms with van der Waals surface area (Å²) < 4.78 is 0. The predicted octanol–water partition coefficient (Wildman–Crippen LogP) is 2.59. The zero-order chi connectivity index (χ0) is 12.4. The van der Waals surface area contributed by atoms with Crippen LogP contribution in [0.15, 0.2) is 24.9 Å². The molecule has 0 unspecified atom stereocenters. The molecule has 0 spiro atoms. The summed E-state index contributed by atoms with van der Waals surface area (Å²) in [5.41, 5.74) is 0.0892. The Kier molecular flexibility index (Phi) is 3.33. The number of carboxylic acids is 1. The van der Waals surface area contributed by atoms with Gasteiger partial charge in [-0.2, -0.15) is 0 Å². The highest BCUT2D eigenvalue weighted by molar-refractivity contribution is 6.33. The number of pyridine rings is 1. The molecule has 0 aromatic carbocycles. The topological polar surface area (TPSA) is 53.4 Å². The van der Waals surface area contributed by atoms with Crippen LogP contribution in [0.5, 0.6) is 0 Å². The lowest BCUT2D eigenvalue weighted by Gasteiger charge is -2.22. The molecule has 0 aliphatic heterocycles. The summed E-state index contributed by atoms with van der Waals surface area (Å²) >= 11 is 5.79. The molecular formula is C12H13ClN2O2. The Bertz CT molecular complexity index is 458. The third kappa shape index (κ3) is 2.58. The fourth-order valence-corrected chi connectivity index (χ4v) is 1.89. The monoisotopic (exact) mass is 252 g/mol. The Morgan fingerprint density at radius 1 is 1.71 bits per heavy atom. The summed E-state index contributed by atoms with van der Waals surface area (Å²) in [6, 6.07) is 1.97. The number of rotatable bonds is 5. The van der Waals surface area contributed by atoms with Crippen molar-refractivity contribution in [2.45, 2.75) is 18.9 Å². The molecule has 0 saturated heterocycles. The molecule has 5 heteroatoms. The van der Waals surface area contributed by atoms with E-state index in [1.807, 2.05) is 0 Å². The zero-order valence-corrected chi connectivity index (χ0v) is 10.0. The maximum Gasteiger partial charge on any atom is 0.337 e. The van der Waals surface area contributed by atoms with Crippen LogP contribution in [0.25, 0.3) is 0 Å². The average molecular weight is 253 g/mol. The Hall–Kier alpha value is -1.55. The van der Waals surface area contributed by atoms with Crippen molar-refractivity contribution in [1.29, 1.82) is 0 Å². The van der Waals surface area contributed by atoms with Gasteiger partial charge in [0.1, 0.15) is 5.82 Å². The van der Waals surface area contributed by atoms with Crippen molar-refractivity contribution in [3.63, 3.8) is 0 Å². The lowest BCUT2D eigenvalue weighted by Crippen LogP contribution is -2.26. The molecule has 90 valence electrons. The molecule has 1 saturated carbocycles. The number of hydrogen-bond donors (Lipinski definition) is 1. The third-order valence-corrected chi connectivity index (χ3v) is 2.98. The summed E-state index contributed by atoms with van der Waals surface area (Å²) in [4.78, 5) is 17.2. The number of hydrogen-bond acceptors (Lipinski definition) is 3. The van der Waals surface area contributed by atoms with Crippen LogP contribution >= 0.6 is 11.6 Å². The summed E-state index contributed by atoms with van der Waals surface area (Å²) in [5.74, 6) is -0.387. The number of aromatic carboxylic acids is 1. The highest BCUT2D eigenvalue weighted by Crippen LogP contribution is 2.31. The van der Waals surface area contributed by atoms with Gasteiger partial charge in [-0.1, -0.05) is 17.7 Å². The minimum atomic E-state index is -1.03. The molecule has 17 heavy (non-hydrogen) atoms. The van der Waals surface area contributed by atoms with Gasteiger partial charge in [0.2, 0.25) is 0 Å². The number of halogens is 1. The summed E-state index contributed by atoms with van der Waals surface area (Å²) in [6.07, 6.45) is 5.40. The van der Waals surface area contributed by atoms with Crippen LogP contribution in [-0.4, -0.2) is 28.6 Å². The first-order valence-corrected chi connectivity index (χ1v) is 5.77. The molecule has 0 radical (unpaired) electrons. The van der Waals surface area contributed by atoms with Gasteiger partial charge in [-0.05, 0) is 18.9 Å². The first kappa shape index (κ1) is 11.9. The second-order valence-electron chi connectivity index (χ2n) is 4.00. The number of carbonyl (C=O) groups is 1. The highest BCUT2D eigenvalue weighted by atomic mass is 35.5. The highest BCUT2D eigenvalue weighted by Gasteiger charge is 2.29. The van der Waals surface area contributed by atoms with E-state index in [4.69, 9.17) is 16.7 Å². The maximum atomic E-state index is 11.0. The van der Waals surface area contributed by atoms with Crippen molar-refractivity contribution in [2.75, 3.05) is 11.4 Å². The van der Waals surface area contributed by atoms with Crippen LogP contribution < -0.4 is 4.90 Å². The summed E-state index contributed by atoms with van der Waals surface area (Å²) in [7, 11) is 0. The molecule has 0 bridgehead atoms. The molecule has 1 aromatic rings. The van der Waals surface area contributed by atoms with E-state index in [2.05, 4.69) is 16.5 Å². The Balaban J connectivity index is 2.33. The van der Waals surface area contributed by atoms with Crippen LogP contribution in [0, 0.1) is 0 Å². The molecular weight excluding hydrogens is 240 g/mol. The first-order valence-electron chi connectivity index (χ1n) is 5.40. The maximum absolute atomic E-state index is 11.0. The lowest BCUT2D eigenvalue weighted by atomic mass is 10.2. The van der Waals surface area contributed by atoms with E-state index < -0.39 is 5.97 Å². The predicted molar refractivity (Wildman–Crippen MR) is 66.8 cm³/mol. The SMILES string of the molecule is C=CCN(c1cc(C(=O)O)c(Cl)cn1)C1CC1. The quantitative estimate of drug-likeness (QED) is 0.819. The zero-order valence-electron chi connectivity index (χ0n) is 9.27. The third-order valence-electron chi connectivity index (χ3n) is 2.68. The Morgan fingerprint density at radius 2 is 2.41 bits per heavy atom. The van der Waals surface area contributed by atoms with Gasteiger partial charge in [0.15, 0.2) is 0 Å². The summed E-state index contributed by atoms with van der Waals surface area (Å²) in [6.45, 7) is 4.36. The van der Waals surface area contributed by atoms with E-state index in [0.717, 1.165) is 12.8 Å². The van der Waals surface area contributed by atoms with E-state index in [1.54, 1.807) is 6.08 Å². The lowest BCUT2D eigenvalue weighted by molar-refractivity contribution is 0.0697. The van der Waals surface area contributed by atoms with Gasteiger partial charge in [0.25, 0.3) is 0 Å². The normalized spacial score (nSPS) is 14.4. The van der Waals surface area contributed by atoms with Crippen molar-refractivity contribution in [3.05, 3.63) is 35.5 Å². The van der Waals surface area contributed by atoms with Crippen molar-refractivity contribution in [2.24, 2.45) is 0 Å². The van der Waals surface area contributed by atoms with Gasteiger partial charge in [-0.3, -0.25) is 0 Å². The largest absolute Gasteiger partial charge is 0.478 e. The molecule has 1 aliphatic rings. The summed E-state index contributed by atoms with van der Waals surface area (Å²) in [5, 5.41) is 9.17. The number of aromatic nitrogens is 1. The van der Waals surface area contributed by atoms with E-state index in [-0.39, 0.29) is 10.6 Å².